The van der Waals surface area contributed by atoms with Gasteiger partial charge in [-0.25, -0.2) is 0 Å². The fourth-order valence-electron chi connectivity index (χ4n) is 2.10. The Hall–Kier alpha value is -1.60. The quantitative estimate of drug-likeness (QED) is 0.846. The molecule has 1 nitrogen and oxygen atoms in total. The highest BCUT2D eigenvalue weighted by atomic mass is 14.5. The predicted octanol–water partition coefficient (Wildman–Crippen LogP) is 3.55. The topological polar surface area (TPSA) is 26.0 Å². The number of hydrogen-bond acceptors (Lipinski definition) is 1. The van der Waals surface area contributed by atoms with Gasteiger partial charge in [0.15, 0.2) is 0 Å². The van der Waals surface area contributed by atoms with Crippen molar-refractivity contribution in [3.05, 3.63) is 59.7 Å². The van der Waals surface area contributed by atoms with E-state index in [1.165, 1.54) is 22.3 Å². The van der Waals surface area contributed by atoms with Gasteiger partial charge < -0.3 is 5.73 Å². The first-order valence-electron chi connectivity index (χ1n) is 6.16. The molecule has 0 saturated heterocycles. The number of aryl methyl sites for hydroxylation is 2. The molecular weight excluding hydrogens is 206 g/mol. The van der Waals surface area contributed by atoms with Crippen LogP contribution < -0.4 is 5.73 Å². The van der Waals surface area contributed by atoms with Crippen molar-refractivity contribution in [3.8, 4) is 11.1 Å². The summed E-state index contributed by atoms with van der Waals surface area (Å²) in [7, 11) is 0. The molecule has 0 unspecified atom stereocenters. The zero-order chi connectivity index (χ0) is 12.1. The van der Waals surface area contributed by atoms with Gasteiger partial charge in [-0.3, -0.25) is 0 Å². The second-order valence-corrected chi connectivity index (χ2v) is 4.41. The fraction of sp³-hybridized carbons (Fsp3) is 0.250. The molecule has 0 bridgehead atoms. The lowest BCUT2D eigenvalue weighted by Crippen LogP contribution is -2.00. The van der Waals surface area contributed by atoms with Crippen molar-refractivity contribution >= 4 is 0 Å². The van der Waals surface area contributed by atoms with E-state index in [1.54, 1.807) is 0 Å². The molecular formula is C16H19N. The first kappa shape index (κ1) is 11.9. The van der Waals surface area contributed by atoms with Gasteiger partial charge in [-0.05, 0) is 48.6 Å². The maximum Gasteiger partial charge on any atom is -0.00741 e. The molecule has 0 aliphatic rings. The molecule has 0 aliphatic heterocycles. The van der Waals surface area contributed by atoms with E-state index in [9.17, 15) is 0 Å². The van der Waals surface area contributed by atoms with Crippen molar-refractivity contribution in [2.45, 2.75) is 19.8 Å². The van der Waals surface area contributed by atoms with Crippen LogP contribution in [-0.4, -0.2) is 6.54 Å². The minimum atomic E-state index is 0.759. The molecule has 0 atom stereocenters. The van der Waals surface area contributed by atoms with Gasteiger partial charge in [0, 0.05) is 0 Å². The summed E-state index contributed by atoms with van der Waals surface area (Å²) in [5.41, 5.74) is 10.9. The van der Waals surface area contributed by atoms with Gasteiger partial charge in [-0.15, -0.1) is 0 Å². The van der Waals surface area contributed by atoms with Gasteiger partial charge in [0.2, 0.25) is 0 Å². The number of rotatable bonds is 4. The summed E-state index contributed by atoms with van der Waals surface area (Å²) in [5.74, 6) is 0. The van der Waals surface area contributed by atoms with Crippen molar-refractivity contribution in [2.75, 3.05) is 6.54 Å². The zero-order valence-electron chi connectivity index (χ0n) is 10.3. The monoisotopic (exact) mass is 225 g/mol. The van der Waals surface area contributed by atoms with E-state index in [-0.39, 0.29) is 0 Å². The third-order valence-electron chi connectivity index (χ3n) is 3.05. The van der Waals surface area contributed by atoms with Crippen LogP contribution in [0.5, 0.6) is 0 Å². The molecule has 2 aromatic rings. The standard InChI is InChI=1S/C16H19N/c1-13-6-2-3-10-16(13)15-9-4-7-14(12-15)8-5-11-17/h2-4,6-7,9-10,12H,5,8,11,17H2,1H3. The van der Waals surface area contributed by atoms with Gasteiger partial charge in [-0.2, -0.15) is 0 Å². The molecule has 1 heteroatoms. The molecule has 0 radical (unpaired) electrons. The van der Waals surface area contributed by atoms with Crippen LogP contribution >= 0.6 is 0 Å². The summed E-state index contributed by atoms with van der Waals surface area (Å²) in [6.07, 6.45) is 2.12. The Balaban J connectivity index is 2.30. The first-order valence-corrected chi connectivity index (χ1v) is 6.16. The Morgan fingerprint density at radius 3 is 2.59 bits per heavy atom. The maximum absolute atomic E-state index is 5.55. The predicted molar refractivity (Wildman–Crippen MR) is 74.0 cm³/mol. The molecule has 2 aromatic carbocycles. The van der Waals surface area contributed by atoms with Gasteiger partial charge in [0.25, 0.3) is 0 Å². The van der Waals surface area contributed by atoms with E-state index in [2.05, 4.69) is 55.5 Å². The molecule has 0 fully saturated rings. The summed E-state index contributed by atoms with van der Waals surface area (Å²) < 4.78 is 0. The van der Waals surface area contributed by atoms with Crippen LogP contribution in [0.4, 0.5) is 0 Å². The molecule has 0 amide bonds. The third kappa shape index (κ3) is 2.95. The largest absolute Gasteiger partial charge is 0.330 e. The molecule has 17 heavy (non-hydrogen) atoms. The second kappa shape index (κ2) is 5.65. The molecule has 0 heterocycles. The summed E-state index contributed by atoms with van der Waals surface area (Å²) in [6.45, 7) is 2.91. The van der Waals surface area contributed by atoms with Crippen LogP contribution in [-0.2, 0) is 6.42 Å². The van der Waals surface area contributed by atoms with Crippen LogP contribution in [0.25, 0.3) is 11.1 Å². The summed E-state index contributed by atoms with van der Waals surface area (Å²) in [6, 6.07) is 17.3. The van der Waals surface area contributed by atoms with Crippen molar-refractivity contribution in [1.29, 1.82) is 0 Å². The Bertz CT molecular complexity index is 488. The van der Waals surface area contributed by atoms with E-state index < -0.39 is 0 Å². The molecule has 2 N–H and O–H groups in total. The van der Waals surface area contributed by atoms with E-state index in [0.29, 0.717) is 0 Å². The van der Waals surface area contributed by atoms with Crippen LogP contribution in [0.1, 0.15) is 17.5 Å². The minimum Gasteiger partial charge on any atom is -0.330 e. The molecule has 88 valence electrons. The van der Waals surface area contributed by atoms with Crippen LogP contribution in [0.2, 0.25) is 0 Å². The number of benzene rings is 2. The highest BCUT2D eigenvalue weighted by Crippen LogP contribution is 2.24. The molecule has 0 spiro atoms. The van der Waals surface area contributed by atoms with Crippen molar-refractivity contribution < 1.29 is 0 Å². The zero-order valence-corrected chi connectivity index (χ0v) is 10.3. The van der Waals surface area contributed by atoms with Crippen molar-refractivity contribution in [1.82, 2.24) is 0 Å². The normalized spacial score (nSPS) is 10.5. The van der Waals surface area contributed by atoms with Gasteiger partial charge in [-0.1, -0.05) is 48.5 Å². The SMILES string of the molecule is Cc1ccccc1-c1cccc(CCCN)c1. The summed E-state index contributed by atoms with van der Waals surface area (Å²) >= 11 is 0. The highest BCUT2D eigenvalue weighted by molar-refractivity contribution is 5.67. The summed E-state index contributed by atoms with van der Waals surface area (Å²) in [5, 5.41) is 0. The van der Waals surface area contributed by atoms with E-state index in [1.807, 2.05) is 0 Å². The lowest BCUT2D eigenvalue weighted by atomic mass is 9.98. The maximum atomic E-state index is 5.55. The Labute approximate surface area is 103 Å². The summed E-state index contributed by atoms with van der Waals surface area (Å²) in [4.78, 5) is 0. The van der Waals surface area contributed by atoms with Gasteiger partial charge >= 0.3 is 0 Å². The number of hydrogen-bond donors (Lipinski definition) is 1. The molecule has 0 aliphatic carbocycles. The second-order valence-electron chi connectivity index (χ2n) is 4.41. The highest BCUT2D eigenvalue weighted by Gasteiger charge is 2.01. The smallest absolute Gasteiger partial charge is 0.00741 e. The fourth-order valence-corrected chi connectivity index (χ4v) is 2.10. The third-order valence-corrected chi connectivity index (χ3v) is 3.05. The molecule has 0 saturated carbocycles. The van der Waals surface area contributed by atoms with Gasteiger partial charge in [0.05, 0.1) is 0 Å². The van der Waals surface area contributed by atoms with E-state index in [4.69, 9.17) is 5.73 Å². The van der Waals surface area contributed by atoms with Gasteiger partial charge in [0.1, 0.15) is 0 Å². The Morgan fingerprint density at radius 1 is 1.00 bits per heavy atom. The van der Waals surface area contributed by atoms with E-state index >= 15 is 0 Å². The van der Waals surface area contributed by atoms with Crippen LogP contribution in [0, 0.1) is 6.92 Å². The Morgan fingerprint density at radius 2 is 1.82 bits per heavy atom. The van der Waals surface area contributed by atoms with Crippen molar-refractivity contribution in [3.63, 3.8) is 0 Å². The van der Waals surface area contributed by atoms with Crippen LogP contribution in [0.15, 0.2) is 48.5 Å². The average Bonchev–Trinajstić information content (AvgIpc) is 2.37. The minimum absolute atomic E-state index is 0.759. The molecule has 0 aromatic heterocycles. The lowest BCUT2D eigenvalue weighted by Gasteiger charge is -2.08. The molecule has 2 rings (SSSR count). The van der Waals surface area contributed by atoms with Crippen LogP contribution in [0.3, 0.4) is 0 Å². The van der Waals surface area contributed by atoms with Crippen molar-refractivity contribution in [2.24, 2.45) is 5.73 Å². The lowest BCUT2D eigenvalue weighted by molar-refractivity contribution is 0.833. The number of nitrogens with two attached hydrogens (primary N) is 1. The first-order chi connectivity index (χ1) is 8.31. The average molecular weight is 225 g/mol. The Kier molecular flexibility index (Phi) is 3.94. The van der Waals surface area contributed by atoms with E-state index in [0.717, 1.165) is 19.4 Å².